The second-order valence-electron chi connectivity index (χ2n) is 7.29. The molecule has 0 amide bonds. The van der Waals surface area contributed by atoms with Gasteiger partial charge in [-0.2, -0.15) is 0 Å². The van der Waals surface area contributed by atoms with Crippen LogP contribution in [0.15, 0.2) is 0 Å². The van der Waals surface area contributed by atoms with Crippen molar-refractivity contribution >= 4 is 28.3 Å². The molecule has 0 saturated carbocycles. The molecule has 0 aliphatic carbocycles. The van der Waals surface area contributed by atoms with Gasteiger partial charge in [0.15, 0.2) is 0 Å². The van der Waals surface area contributed by atoms with Gasteiger partial charge in [-0.25, -0.2) is 0 Å². The summed E-state index contributed by atoms with van der Waals surface area (Å²) in [6.45, 7) is 6.92. The standard InChI is InChI=1S/2C8H17.C4H9.ClH.Pb/c2*1-3-5-7-8-6-4-2;1-3-4-2;;/h2*1,3-8H2,2H3;1,3-4H2,2H3;1H;/q;;;;+1/p-1. The maximum absolute atomic E-state index is 7.22. The summed E-state index contributed by atoms with van der Waals surface area (Å²) in [7, 11) is 7.22. The molecule has 0 saturated heterocycles. The second-order valence-corrected chi connectivity index (χ2v) is 29.1. The molecule has 2 heteroatoms. The van der Waals surface area contributed by atoms with Crippen LogP contribution in [0.3, 0.4) is 0 Å². The van der Waals surface area contributed by atoms with Gasteiger partial charge in [-0.1, -0.05) is 0 Å². The number of halogens is 1. The molecule has 0 aromatic rings. The van der Waals surface area contributed by atoms with Crippen molar-refractivity contribution in [2.75, 3.05) is 0 Å². The molecule has 0 aliphatic rings. The summed E-state index contributed by atoms with van der Waals surface area (Å²) in [5.41, 5.74) is 0. The Hall–Kier alpha value is 1.21. The van der Waals surface area contributed by atoms with E-state index in [1.807, 2.05) is 0 Å². The van der Waals surface area contributed by atoms with Gasteiger partial charge in [-0.05, 0) is 0 Å². The molecule has 0 heterocycles. The molecule has 0 radical (unpaired) electrons. The van der Waals surface area contributed by atoms with Crippen molar-refractivity contribution in [1.29, 1.82) is 0 Å². The molecule has 0 rings (SSSR count). The summed E-state index contributed by atoms with van der Waals surface area (Å²) in [6.07, 6.45) is 19.8. The SMILES string of the molecule is CCCCCCC[CH2][Pb]([Cl])([CH2]CCC)[CH2]CCCCCCC. The average Bonchev–Trinajstić information content (AvgIpc) is 2.52. The van der Waals surface area contributed by atoms with E-state index in [1.54, 1.807) is 0 Å². The minimum atomic E-state index is -2.37. The number of hydrogen-bond donors (Lipinski definition) is 0. The molecule has 0 aliphatic heterocycles. The molecule has 0 unspecified atom stereocenters. The fourth-order valence-corrected chi connectivity index (χ4v) is 20.5. The van der Waals surface area contributed by atoms with Crippen molar-refractivity contribution in [3.05, 3.63) is 0 Å². The summed E-state index contributed by atoms with van der Waals surface area (Å²) in [5.74, 6) is 0. The van der Waals surface area contributed by atoms with E-state index in [4.69, 9.17) is 8.32 Å². The van der Waals surface area contributed by atoms with Crippen LogP contribution in [0.1, 0.15) is 111 Å². The van der Waals surface area contributed by atoms with Gasteiger partial charge < -0.3 is 0 Å². The van der Waals surface area contributed by atoms with Crippen LogP contribution in [-0.2, 0) is 0 Å². The van der Waals surface area contributed by atoms with Crippen LogP contribution in [0.5, 0.6) is 0 Å². The predicted molar refractivity (Wildman–Crippen MR) is 108 cm³/mol. The van der Waals surface area contributed by atoms with E-state index in [9.17, 15) is 0 Å². The molecule has 0 fully saturated rings. The topological polar surface area (TPSA) is 0 Å². The van der Waals surface area contributed by atoms with E-state index in [2.05, 4.69) is 20.8 Å². The molecule has 22 heavy (non-hydrogen) atoms. The van der Waals surface area contributed by atoms with Crippen LogP contribution >= 0.6 is 8.32 Å². The van der Waals surface area contributed by atoms with Crippen LogP contribution in [0, 0.1) is 0 Å². The van der Waals surface area contributed by atoms with Gasteiger partial charge in [0.25, 0.3) is 0 Å². The van der Waals surface area contributed by atoms with Gasteiger partial charge in [-0.3, -0.25) is 0 Å². The fourth-order valence-electron chi connectivity index (χ4n) is 3.31. The first-order valence-corrected chi connectivity index (χ1v) is 23.4. The van der Waals surface area contributed by atoms with Gasteiger partial charge in [0.1, 0.15) is 0 Å². The van der Waals surface area contributed by atoms with E-state index >= 15 is 0 Å². The quantitative estimate of drug-likeness (QED) is 0.131. The van der Waals surface area contributed by atoms with Crippen LogP contribution in [0.2, 0.25) is 11.9 Å². The maximum atomic E-state index is 7.22. The van der Waals surface area contributed by atoms with E-state index in [0.29, 0.717) is 0 Å². The zero-order chi connectivity index (χ0) is 16.5. The summed E-state index contributed by atoms with van der Waals surface area (Å²) >= 11 is -2.37. The van der Waals surface area contributed by atoms with Crippen LogP contribution in [-0.4, -0.2) is 19.9 Å². The van der Waals surface area contributed by atoms with Gasteiger partial charge in [-0.15, -0.1) is 0 Å². The third-order valence-electron chi connectivity index (χ3n) is 4.94. The molecule has 0 aromatic carbocycles. The third kappa shape index (κ3) is 14.8. The first kappa shape index (κ1) is 23.2. The molecule has 134 valence electrons. The van der Waals surface area contributed by atoms with E-state index in [0.717, 1.165) is 0 Å². The first-order chi connectivity index (χ1) is 10.7. The zero-order valence-corrected chi connectivity index (χ0v) is 20.5. The number of unbranched alkanes of at least 4 members (excludes halogenated alkanes) is 11. The van der Waals surface area contributed by atoms with Crippen molar-refractivity contribution in [3.63, 3.8) is 0 Å². The van der Waals surface area contributed by atoms with E-state index in [-0.39, 0.29) is 0 Å². The Kier molecular flexibility index (Phi) is 18.0. The fraction of sp³-hybridized carbons (Fsp3) is 1.00. The molecule has 0 N–H and O–H groups in total. The van der Waals surface area contributed by atoms with Crippen molar-refractivity contribution < 1.29 is 0 Å². The Balaban J connectivity index is 3.84. The van der Waals surface area contributed by atoms with Crippen molar-refractivity contribution in [3.8, 4) is 0 Å². The Morgan fingerprint density at radius 2 is 0.773 bits per heavy atom. The van der Waals surface area contributed by atoms with Gasteiger partial charge >= 0.3 is 151 Å². The third-order valence-corrected chi connectivity index (χ3v) is 24.5. The molecule has 0 atom stereocenters. The summed E-state index contributed by atoms with van der Waals surface area (Å²) in [6, 6.07) is 0. The molecule has 0 aromatic heterocycles. The zero-order valence-electron chi connectivity index (χ0n) is 15.9. The number of rotatable bonds is 17. The molecular formula is C20H43ClPb. The normalized spacial score (nSPS) is 12.0. The summed E-state index contributed by atoms with van der Waals surface area (Å²) < 4.78 is 4.39. The Morgan fingerprint density at radius 1 is 0.455 bits per heavy atom. The summed E-state index contributed by atoms with van der Waals surface area (Å²) in [4.78, 5) is 0. The van der Waals surface area contributed by atoms with E-state index < -0.39 is 19.9 Å². The summed E-state index contributed by atoms with van der Waals surface area (Å²) in [5, 5.41) is 0. The molecule has 0 spiro atoms. The second kappa shape index (κ2) is 17.0. The van der Waals surface area contributed by atoms with Gasteiger partial charge in [0.05, 0.1) is 0 Å². The molecular weight excluding hydrogens is 483 g/mol. The number of hydrogen-bond acceptors (Lipinski definition) is 0. The Bertz CT molecular complexity index is 202. The van der Waals surface area contributed by atoms with Crippen LogP contribution in [0.25, 0.3) is 0 Å². The monoisotopic (exact) mass is 526 g/mol. The predicted octanol–water partition coefficient (Wildman–Crippen LogP) is 8.69. The van der Waals surface area contributed by atoms with E-state index in [1.165, 1.54) is 102 Å². The first-order valence-electron chi connectivity index (χ1n) is 10.4. The molecule has 0 bridgehead atoms. The van der Waals surface area contributed by atoms with Gasteiger partial charge in [0.2, 0.25) is 0 Å². The van der Waals surface area contributed by atoms with Crippen LogP contribution < -0.4 is 0 Å². The Morgan fingerprint density at radius 3 is 1.18 bits per heavy atom. The van der Waals surface area contributed by atoms with Crippen molar-refractivity contribution in [2.24, 2.45) is 0 Å². The average molecular weight is 526 g/mol. The molecule has 0 nitrogen and oxygen atoms in total. The van der Waals surface area contributed by atoms with Crippen molar-refractivity contribution in [2.45, 2.75) is 123 Å². The van der Waals surface area contributed by atoms with Crippen molar-refractivity contribution in [1.82, 2.24) is 0 Å². The Labute approximate surface area is 150 Å². The van der Waals surface area contributed by atoms with Crippen LogP contribution in [0.4, 0.5) is 0 Å². The van der Waals surface area contributed by atoms with Gasteiger partial charge in [0, 0.05) is 0 Å². The minimum absolute atomic E-state index is 1.33.